The molecule has 174 valence electrons. The highest BCUT2D eigenvalue weighted by atomic mass is 32.1. The summed E-state index contributed by atoms with van der Waals surface area (Å²) >= 11 is 1.87. The van der Waals surface area contributed by atoms with Gasteiger partial charge < -0.3 is 16.0 Å². The zero-order chi connectivity index (χ0) is 22.1. The lowest BCUT2D eigenvalue weighted by atomic mass is 9.88. The van der Waals surface area contributed by atoms with Crippen molar-refractivity contribution in [3.05, 3.63) is 22.4 Å². The number of amides is 1. The van der Waals surface area contributed by atoms with Crippen LogP contribution in [0.2, 0.25) is 0 Å². The molecular weight excluding hydrogens is 408 g/mol. The molecule has 3 rings (SSSR count). The molecule has 3 heterocycles. The highest BCUT2D eigenvalue weighted by Crippen LogP contribution is 2.36. The van der Waals surface area contributed by atoms with Crippen molar-refractivity contribution in [1.29, 1.82) is 0 Å². The molecular formula is C23H40N6OS. The molecule has 31 heavy (non-hydrogen) atoms. The molecule has 2 unspecified atom stereocenters. The van der Waals surface area contributed by atoms with Gasteiger partial charge in [-0.15, -0.1) is 11.3 Å². The predicted octanol–water partition coefficient (Wildman–Crippen LogP) is 2.29. The molecule has 0 aliphatic carbocycles. The lowest BCUT2D eigenvalue weighted by molar-refractivity contribution is -0.122. The number of nitrogens with zero attached hydrogens (tertiary/aromatic N) is 3. The Morgan fingerprint density at radius 3 is 2.71 bits per heavy atom. The van der Waals surface area contributed by atoms with E-state index in [0.29, 0.717) is 24.5 Å². The number of thiophene rings is 1. The number of rotatable bonds is 8. The molecule has 2 fully saturated rings. The quantitative estimate of drug-likeness (QED) is 0.420. The zero-order valence-electron chi connectivity index (χ0n) is 19.4. The van der Waals surface area contributed by atoms with E-state index in [1.165, 1.54) is 24.3 Å². The van der Waals surface area contributed by atoms with E-state index < -0.39 is 0 Å². The summed E-state index contributed by atoms with van der Waals surface area (Å²) in [6.07, 6.45) is 5.54. The first-order valence-electron chi connectivity index (χ1n) is 11.8. The predicted molar refractivity (Wildman–Crippen MR) is 130 cm³/mol. The van der Waals surface area contributed by atoms with E-state index in [2.05, 4.69) is 62.2 Å². The maximum absolute atomic E-state index is 11.9. The average molecular weight is 449 g/mol. The van der Waals surface area contributed by atoms with E-state index in [-0.39, 0.29) is 5.91 Å². The van der Waals surface area contributed by atoms with Crippen LogP contribution in [-0.2, 0) is 4.79 Å². The molecule has 2 saturated heterocycles. The minimum atomic E-state index is 0.142. The molecule has 2 aliphatic heterocycles. The van der Waals surface area contributed by atoms with Gasteiger partial charge in [0.2, 0.25) is 5.91 Å². The Balaban J connectivity index is 1.43. The van der Waals surface area contributed by atoms with Crippen LogP contribution in [0.5, 0.6) is 0 Å². The fraction of sp³-hybridized carbons (Fsp3) is 0.739. The minimum Gasteiger partial charge on any atom is -0.356 e. The molecule has 8 heteroatoms. The summed E-state index contributed by atoms with van der Waals surface area (Å²) in [7, 11) is 4.10. The van der Waals surface area contributed by atoms with Crippen molar-refractivity contribution in [3.8, 4) is 0 Å². The number of guanidine groups is 1. The van der Waals surface area contributed by atoms with Gasteiger partial charge in [0.05, 0.1) is 6.54 Å². The standard InChI is InChI=1S/C23H40N6OS/c1-4-11-25-21(30)17-29-13-9-19(10-14-29)27-23(24-2)26-16-18-7-5-12-28(3)22(18)20-8-6-15-31-20/h6,8,15,18-19,22H,4-5,7,9-14,16-17H2,1-3H3,(H,25,30)(H2,24,26,27). The third-order valence-electron chi connectivity index (χ3n) is 6.46. The van der Waals surface area contributed by atoms with E-state index >= 15 is 0 Å². The number of piperidine rings is 2. The van der Waals surface area contributed by atoms with Gasteiger partial charge in [-0.25, -0.2) is 0 Å². The highest BCUT2D eigenvalue weighted by molar-refractivity contribution is 7.10. The maximum Gasteiger partial charge on any atom is 0.234 e. The minimum absolute atomic E-state index is 0.142. The molecule has 2 aliphatic rings. The molecule has 3 N–H and O–H groups in total. The Morgan fingerprint density at radius 1 is 1.23 bits per heavy atom. The zero-order valence-corrected chi connectivity index (χ0v) is 20.2. The topological polar surface area (TPSA) is 72.0 Å². The van der Waals surface area contributed by atoms with Crippen molar-refractivity contribution in [2.45, 2.75) is 51.1 Å². The van der Waals surface area contributed by atoms with Crippen LogP contribution < -0.4 is 16.0 Å². The van der Waals surface area contributed by atoms with E-state index in [9.17, 15) is 4.79 Å². The summed E-state index contributed by atoms with van der Waals surface area (Å²) < 4.78 is 0. The van der Waals surface area contributed by atoms with Gasteiger partial charge in [-0.2, -0.15) is 0 Å². The Kier molecular flexibility index (Phi) is 9.61. The van der Waals surface area contributed by atoms with Crippen molar-refractivity contribution in [3.63, 3.8) is 0 Å². The van der Waals surface area contributed by atoms with Crippen LogP contribution in [0, 0.1) is 5.92 Å². The van der Waals surface area contributed by atoms with Crippen LogP contribution in [0.25, 0.3) is 0 Å². The van der Waals surface area contributed by atoms with E-state index in [1.807, 2.05) is 18.4 Å². The van der Waals surface area contributed by atoms with Gasteiger partial charge in [0.1, 0.15) is 0 Å². The third kappa shape index (κ3) is 7.19. The molecule has 1 aromatic heterocycles. The normalized spacial score (nSPS) is 24.2. The van der Waals surface area contributed by atoms with Crippen LogP contribution in [-0.4, -0.2) is 81.1 Å². The van der Waals surface area contributed by atoms with Crippen LogP contribution in [0.4, 0.5) is 0 Å². The Labute approximate surface area is 191 Å². The fourth-order valence-corrected chi connectivity index (χ4v) is 5.74. The molecule has 0 bridgehead atoms. The van der Waals surface area contributed by atoms with Crippen LogP contribution in [0.15, 0.2) is 22.5 Å². The number of hydrogen-bond donors (Lipinski definition) is 3. The van der Waals surface area contributed by atoms with Crippen LogP contribution in [0.3, 0.4) is 0 Å². The van der Waals surface area contributed by atoms with Gasteiger partial charge in [0, 0.05) is 50.2 Å². The van der Waals surface area contributed by atoms with Crippen LogP contribution >= 0.6 is 11.3 Å². The number of likely N-dealkylation sites (tertiary alicyclic amines) is 2. The Bertz CT molecular complexity index is 686. The number of carbonyl (C=O) groups is 1. The van der Waals surface area contributed by atoms with Gasteiger partial charge in [-0.1, -0.05) is 13.0 Å². The summed E-state index contributed by atoms with van der Waals surface area (Å²) in [5.74, 6) is 1.63. The summed E-state index contributed by atoms with van der Waals surface area (Å²) in [5.41, 5.74) is 0. The van der Waals surface area contributed by atoms with Crippen molar-refractivity contribution >= 4 is 23.2 Å². The van der Waals surface area contributed by atoms with Gasteiger partial charge in [0.15, 0.2) is 5.96 Å². The maximum atomic E-state index is 11.9. The van der Waals surface area contributed by atoms with E-state index in [4.69, 9.17) is 0 Å². The summed E-state index contributed by atoms with van der Waals surface area (Å²) in [5, 5.41) is 12.4. The molecule has 1 aromatic rings. The fourth-order valence-electron chi connectivity index (χ4n) is 4.76. The second-order valence-electron chi connectivity index (χ2n) is 8.84. The Morgan fingerprint density at radius 2 is 2.03 bits per heavy atom. The second kappa shape index (κ2) is 12.4. The molecule has 2 atom stereocenters. The van der Waals surface area contributed by atoms with Gasteiger partial charge in [-0.3, -0.25) is 19.6 Å². The largest absolute Gasteiger partial charge is 0.356 e. The van der Waals surface area contributed by atoms with Crippen molar-refractivity contribution in [1.82, 2.24) is 25.8 Å². The van der Waals surface area contributed by atoms with Crippen molar-refractivity contribution in [2.75, 3.05) is 53.4 Å². The number of carbonyl (C=O) groups excluding carboxylic acids is 1. The smallest absolute Gasteiger partial charge is 0.234 e. The van der Waals surface area contributed by atoms with Gasteiger partial charge >= 0.3 is 0 Å². The van der Waals surface area contributed by atoms with E-state index in [0.717, 1.165) is 51.4 Å². The summed E-state index contributed by atoms with van der Waals surface area (Å²) in [6.45, 7) is 7.35. The summed E-state index contributed by atoms with van der Waals surface area (Å²) in [4.78, 5) is 22.6. The van der Waals surface area contributed by atoms with Gasteiger partial charge in [-0.05, 0) is 63.1 Å². The first-order chi connectivity index (χ1) is 15.1. The van der Waals surface area contributed by atoms with Crippen molar-refractivity contribution in [2.24, 2.45) is 10.9 Å². The van der Waals surface area contributed by atoms with Gasteiger partial charge in [0.25, 0.3) is 0 Å². The lowest BCUT2D eigenvalue weighted by Crippen LogP contribution is -2.51. The average Bonchev–Trinajstić information content (AvgIpc) is 3.30. The molecule has 1 amide bonds. The first kappa shape index (κ1) is 24.0. The highest BCUT2D eigenvalue weighted by Gasteiger charge is 2.31. The lowest BCUT2D eigenvalue weighted by Gasteiger charge is -2.39. The van der Waals surface area contributed by atoms with Crippen molar-refractivity contribution < 1.29 is 4.79 Å². The van der Waals surface area contributed by atoms with E-state index in [1.54, 1.807) is 0 Å². The SMILES string of the molecule is CCCNC(=O)CN1CCC(NC(=NC)NCC2CCCN(C)C2c2cccs2)CC1. The molecule has 0 saturated carbocycles. The summed E-state index contributed by atoms with van der Waals surface area (Å²) in [6, 6.07) is 5.32. The number of hydrogen-bond acceptors (Lipinski definition) is 5. The molecule has 0 aromatic carbocycles. The monoisotopic (exact) mass is 448 g/mol. The molecule has 0 spiro atoms. The third-order valence-corrected chi connectivity index (χ3v) is 7.41. The molecule has 0 radical (unpaired) electrons. The Hall–Kier alpha value is -1.64. The number of nitrogens with one attached hydrogen (secondary N) is 3. The number of aliphatic imine (C=N–C) groups is 1. The molecule has 7 nitrogen and oxygen atoms in total. The van der Waals surface area contributed by atoms with Crippen LogP contribution in [0.1, 0.15) is 49.9 Å². The first-order valence-corrected chi connectivity index (χ1v) is 12.7. The second-order valence-corrected chi connectivity index (χ2v) is 9.82.